The quantitative estimate of drug-likeness (QED) is 0.0199. The van der Waals surface area contributed by atoms with Crippen molar-refractivity contribution in [1.82, 2.24) is 0 Å². The third-order valence-corrected chi connectivity index (χ3v) is 10.8. The zero-order chi connectivity index (χ0) is 47.9. The highest BCUT2D eigenvalue weighted by molar-refractivity contribution is 5.71. The average Bonchev–Trinajstić information content (AvgIpc) is 3.31. The summed E-state index contributed by atoms with van der Waals surface area (Å²) < 4.78 is 16.8. The van der Waals surface area contributed by atoms with Gasteiger partial charge in [-0.15, -0.1) is 0 Å². The first-order valence-corrected chi connectivity index (χ1v) is 26.6. The number of rotatable bonds is 46. The molecule has 6 nitrogen and oxygen atoms in total. The van der Waals surface area contributed by atoms with Gasteiger partial charge in [0, 0.05) is 19.3 Å². The van der Waals surface area contributed by atoms with Crippen molar-refractivity contribution < 1.29 is 28.6 Å². The van der Waals surface area contributed by atoms with Crippen LogP contribution >= 0.6 is 0 Å². The summed E-state index contributed by atoms with van der Waals surface area (Å²) in [6.07, 6.45) is 73.2. The molecule has 0 aromatic heterocycles. The normalized spacial score (nSPS) is 13.1. The van der Waals surface area contributed by atoms with E-state index in [0.29, 0.717) is 19.3 Å². The smallest absolute Gasteiger partial charge is 0.306 e. The molecular formula is C60H96O6. The van der Waals surface area contributed by atoms with Gasteiger partial charge < -0.3 is 14.2 Å². The van der Waals surface area contributed by atoms with Gasteiger partial charge in [0.05, 0.1) is 0 Å². The van der Waals surface area contributed by atoms with E-state index < -0.39 is 6.10 Å². The van der Waals surface area contributed by atoms with Crippen molar-refractivity contribution >= 4 is 17.9 Å². The molecule has 1 unspecified atom stereocenters. The molecule has 0 amide bonds. The second-order valence-electron chi connectivity index (χ2n) is 17.2. The molecule has 0 aliphatic carbocycles. The van der Waals surface area contributed by atoms with Gasteiger partial charge in [-0.25, -0.2) is 0 Å². The van der Waals surface area contributed by atoms with Crippen molar-refractivity contribution in [1.29, 1.82) is 0 Å². The lowest BCUT2D eigenvalue weighted by Gasteiger charge is -2.18. The van der Waals surface area contributed by atoms with E-state index >= 15 is 0 Å². The summed E-state index contributed by atoms with van der Waals surface area (Å²) in [6, 6.07) is 0. The molecule has 0 rings (SSSR count). The monoisotopic (exact) mass is 913 g/mol. The molecule has 1 atom stereocenters. The molecule has 0 bridgehead atoms. The van der Waals surface area contributed by atoms with Crippen molar-refractivity contribution in [2.24, 2.45) is 0 Å². The number of unbranched alkanes of at least 4 members (excludes halogenated alkanes) is 19. The zero-order valence-corrected chi connectivity index (χ0v) is 42.4. The molecule has 0 fully saturated rings. The Hall–Kier alpha value is -4.19. The topological polar surface area (TPSA) is 78.9 Å². The number of ether oxygens (including phenoxy) is 3. The molecule has 66 heavy (non-hydrogen) atoms. The second kappa shape index (κ2) is 53.4. The van der Waals surface area contributed by atoms with Crippen LogP contribution < -0.4 is 0 Å². The lowest BCUT2D eigenvalue weighted by atomic mass is 10.1. The fourth-order valence-corrected chi connectivity index (χ4v) is 6.81. The highest BCUT2D eigenvalue weighted by Crippen LogP contribution is 2.13. The molecule has 0 aromatic rings. The summed E-state index contributed by atoms with van der Waals surface area (Å²) in [4.78, 5) is 38.0. The number of hydrogen-bond donors (Lipinski definition) is 0. The number of carbonyl (C=O) groups excluding carboxylic acids is 3. The van der Waals surface area contributed by atoms with E-state index in [-0.39, 0.29) is 37.5 Å². The Labute approximate surface area is 405 Å². The first-order chi connectivity index (χ1) is 32.5. The van der Waals surface area contributed by atoms with Crippen LogP contribution in [0.4, 0.5) is 0 Å². The predicted octanol–water partition coefficient (Wildman–Crippen LogP) is 17.7. The highest BCUT2D eigenvalue weighted by atomic mass is 16.6. The number of hydrogen-bond acceptors (Lipinski definition) is 6. The Morgan fingerprint density at radius 1 is 0.333 bits per heavy atom. The third kappa shape index (κ3) is 50.8. The minimum atomic E-state index is -0.815. The molecule has 0 aromatic carbocycles. The van der Waals surface area contributed by atoms with Crippen molar-refractivity contribution in [3.63, 3.8) is 0 Å². The van der Waals surface area contributed by atoms with Gasteiger partial charge in [-0.1, -0.05) is 219 Å². The summed E-state index contributed by atoms with van der Waals surface area (Å²) in [5.41, 5.74) is 0. The van der Waals surface area contributed by atoms with Crippen LogP contribution in [0, 0.1) is 0 Å². The predicted molar refractivity (Wildman–Crippen MR) is 283 cm³/mol. The van der Waals surface area contributed by atoms with Crippen LogP contribution in [-0.4, -0.2) is 37.2 Å². The maximum absolute atomic E-state index is 12.8. The molecule has 0 aliphatic rings. The lowest BCUT2D eigenvalue weighted by molar-refractivity contribution is -0.167. The molecular weight excluding hydrogens is 817 g/mol. The molecule has 0 radical (unpaired) electrons. The van der Waals surface area contributed by atoms with Crippen LogP contribution in [0.2, 0.25) is 0 Å². The molecule has 0 saturated carbocycles. The van der Waals surface area contributed by atoms with E-state index in [1.807, 2.05) is 36.5 Å². The maximum Gasteiger partial charge on any atom is 0.306 e. The Balaban J connectivity index is 4.54. The van der Waals surface area contributed by atoms with E-state index in [0.717, 1.165) is 122 Å². The summed E-state index contributed by atoms with van der Waals surface area (Å²) in [7, 11) is 0. The Kier molecular flexibility index (Phi) is 50.0. The maximum atomic E-state index is 12.8. The van der Waals surface area contributed by atoms with Crippen LogP contribution in [-0.2, 0) is 28.6 Å². The fraction of sp³-hybridized carbons (Fsp3) is 0.617. The molecule has 0 N–H and O–H groups in total. The van der Waals surface area contributed by atoms with Crippen LogP contribution in [0.15, 0.2) is 122 Å². The summed E-state index contributed by atoms with van der Waals surface area (Å²) in [6.45, 7) is 6.36. The van der Waals surface area contributed by atoms with Crippen LogP contribution in [0.1, 0.15) is 220 Å². The van der Waals surface area contributed by atoms with Crippen molar-refractivity contribution in [3.8, 4) is 0 Å². The molecule has 0 heterocycles. The summed E-state index contributed by atoms with van der Waals surface area (Å²) >= 11 is 0. The van der Waals surface area contributed by atoms with E-state index in [1.54, 1.807) is 0 Å². The van der Waals surface area contributed by atoms with E-state index in [9.17, 15) is 14.4 Å². The fourth-order valence-electron chi connectivity index (χ4n) is 6.81. The molecule has 0 spiro atoms. The third-order valence-electron chi connectivity index (χ3n) is 10.8. The van der Waals surface area contributed by atoms with Gasteiger partial charge in [-0.3, -0.25) is 14.4 Å². The standard InChI is InChI=1S/C60H96O6/c1-4-7-10-13-16-19-22-25-28-30-31-33-35-38-41-44-47-50-53-59(62)65-56-57(55-64-58(61)52-49-46-43-40-37-34-27-24-21-18-15-12-9-6-3)66-60(63)54-51-48-45-42-39-36-32-29-26-23-20-17-14-11-8-5-2/h8,10-11,13,16-17,19-20,22,25-26,28-31,33-34,36-37,39,57H,4-7,9,12,14-15,18,21,23-24,27,32,35,38,40-56H2,1-3H3/b11-8-,13-10-,19-16-,20-17-,25-22-,29-26-,30-28-,33-31-,37-34-,39-36-. The lowest BCUT2D eigenvalue weighted by Crippen LogP contribution is -2.30. The van der Waals surface area contributed by atoms with Crippen LogP contribution in [0.3, 0.4) is 0 Å². The van der Waals surface area contributed by atoms with Gasteiger partial charge in [0.25, 0.3) is 0 Å². The molecule has 372 valence electrons. The number of allylic oxidation sites excluding steroid dienone is 20. The number of esters is 3. The van der Waals surface area contributed by atoms with Crippen molar-refractivity contribution in [3.05, 3.63) is 122 Å². The zero-order valence-electron chi connectivity index (χ0n) is 42.4. The number of carbonyl (C=O) groups is 3. The van der Waals surface area contributed by atoms with Gasteiger partial charge in [0.15, 0.2) is 6.10 Å². The Bertz CT molecular complexity index is 1420. The van der Waals surface area contributed by atoms with Gasteiger partial charge in [-0.05, 0) is 103 Å². The van der Waals surface area contributed by atoms with E-state index in [1.165, 1.54) is 51.4 Å². The molecule has 0 aliphatic heterocycles. The molecule has 0 saturated heterocycles. The highest BCUT2D eigenvalue weighted by Gasteiger charge is 2.19. The SMILES string of the molecule is CC/C=C\C/C=C\C/C=C\C/C=C\CCCCCC(=O)OC(COC(=O)CCCCC/C=C\CCCCCCCCC)COC(=O)CCCCCCC\C=C/C=C\C=C/C=C\C=C/CCC. The first kappa shape index (κ1) is 61.8. The largest absolute Gasteiger partial charge is 0.462 e. The first-order valence-electron chi connectivity index (χ1n) is 26.6. The van der Waals surface area contributed by atoms with Gasteiger partial charge >= 0.3 is 17.9 Å². The van der Waals surface area contributed by atoms with Crippen LogP contribution in [0.5, 0.6) is 0 Å². The minimum Gasteiger partial charge on any atom is -0.462 e. The van der Waals surface area contributed by atoms with Gasteiger partial charge in [0.1, 0.15) is 13.2 Å². The summed E-state index contributed by atoms with van der Waals surface area (Å²) in [5.74, 6) is -0.988. The Morgan fingerprint density at radius 3 is 1.15 bits per heavy atom. The van der Waals surface area contributed by atoms with Crippen molar-refractivity contribution in [2.45, 2.75) is 226 Å². The summed E-state index contributed by atoms with van der Waals surface area (Å²) in [5, 5.41) is 0. The van der Waals surface area contributed by atoms with Crippen LogP contribution in [0.25, 0.3) is 0 Å². The minimum absolute atomic E-state index is 0.111. The average molecular weight is 913 g/mol. The second-order valence-corrected chi connectivity index (χ2v) is 17.2. The van der Waals surface area contributed by atoms with Gasteiger partial charge in [0.2, 0.25) is 0 Å². The van der Waals surface area contributed by atoms with Crippen molar-refractivity contribution in [2.75, 3.05) is 13.2 Å². The Morgan fingerprint density at radius 2 is 0.682 bits per heavy atom. The van der Waals surface area contributed by atoms with E-state index in [4.69, 9.17) is 14.2 Å². The molecule has 6 heteroatoms. The van der Waals surface area contributed by atoms with Gasteiger partial charge in [-0.2, -0.15) is 0 Å². The van der Waals surface area contributed by atoms with E-state index in [2.05, 4.69) is 106 Å².